The van der Waals surface area contributed by atoms with Gasteiger partial charge in [-0.15, -0.1) is 0 Å². The molecule has 3 N–H and O–H groups in total. The first-order valence-electron chi connectivity index (χ1n) is 2.45. The van der Waals surface area contributed by atoms with Gasteiger partial charge in [-0.05, 0) is 13.8 Å². The Morgan fingerprint density at radius 3 is 2.25 bits per heavy atom. The van der Waals surface area contributed by atoms with E-state index in [0.717, 1.165) is 4.99 Å². The number of nitrogens with one attached hydrogen (secondary N) is 3. The van der Waals surface area contributed by atoms with Crippen molar-refractivity contribution in [3.05, 3.63) is 0 Å². The molecule has 0 saturated carbocycles. The molecule has 0 aromatic carbocycles. The standard InChI is InChI=1S/C4H9N3S/c1-4(2)3(8)5-7-6-4/h6-7H,1-2H3,(H,5,8). The van der Waals surface area contributed by atoms with E-state index in [0.29, 0.717) is 0 Å². The summed E-state index contributed by atoms with van der Waals surface area (Å²) in [5.74, 6) is 0. The van der Waals surface area contributed by atoms with E-state index in [1.54, 1.807) is 0 Å². The van der Waals surface area contributed by atoms with Crippen LogP contribution < -0.4 is 16.4 Å². The Labute approximate surface area is 53.8 Å². The average molecular weight is 131 g/mol. The summed E-state index contributed by atoms with van der Waals surface area (Å²) >= 11 is 4.92. The summed E-state index contributed by atoms with van der Waals surface area (Å²) in [6.07, 6.45) is 0. The highest BCUT2D eigenvalue weighted by molar-refractivity contribution is 7.80. The summed E-state index contributed by atoms with van der Waals surface area (Å²) < 4.78 is 0. The lowest BCUT2D eigenvalue weighted by atomic mass is 10.1. The zero-order valence-corrected chi connectivity index (χ0v) is 5.72. The van der Waals surface area contributed by atoms with Crippen LogP contribution in [0.15, 0.2) is 0 Å². The van der Waals surface area contributed by atoms with Crippen molar-refractivity contribution in [1.82, 2.24) is 16.4 Å². The first kappa shape index (κ1) is 5.94. The molecule has 0 amide bonds. The lowest BCUT2D eigenvalue weighted by molar-refractivity contribution is 0.471. The minimum absolute atomic E-state index is 0.0880. The van der Waals surface area contributed by atoms with E-state index in [2.05, 4.69) is 16.4 Å². The largest absolute Gasteiger partial charge is 0.300 e. The predicted octanol–water partition coefficient (Wildman–Crippen LogP) is -0.295. The van der Waals surface area contributed by atoms with Crippen molar-refractivity contribution in [2.75, 3.05) is 0 Å². The number of rotatable bonds is 0. The summed E-state index contributed by atoms with van der Waals surface area (Å²) in [6, 6.07) is 0. The summed E-state index contributed by atoms with van der Waals surface area (Å²) in [7, 11) is 0. The van der Waals surface area contributed by atoms with Gasteiger partial charge in [0.25, 0.3) is 0 Å². The molecular formula is C4H9N3S. The third-order valence-corrected chi connectivity index (χ3v) is 1.73. The smallest absolute Gasteiger partial charge is 0.112 e. The molecule has 0 bridgehead atoms. The quantitative estimate of drug-likeness (QED) is 0.395. The SMILES string of the molecule is CC1(C)NNNC1=S. The van der Waals surface area contributed by atoms with Crippen molar-refractivity contribution in [3.63, 3.8) is 0 Å². The van der Waals surface area contributed by atoms with Gasteiger partial charge in [-0.25, -0.2) is 5.43 Å². The summed E-state index contributed by atoms with van der Waals surface area (Å²) in [4.78, 5) is 0.803. The maximum atomic E-state index is 4.92. The molecule has 0 atom stereocenters. The van der Waals surface area contributed by atoms with Crippen molar-refractivity contribution >= 4 is 17.2 Å². The van der Waals surface area contributed by atoms with Gasteiger partial charge in [0.05, 0.1) is 5.54 Å². The highest BCUT2D eigenvalue weighted by atomic mass is 32.1. The van der Waals surface area contributed by atoms with Gasteiger partial charge < -0.3 is 5.43 Å². The van der Waals surface area contributed by atoms with Gasteiger partial charge in [-0.1, -0.05) is 12.2 Å². The lowest BCUT2D eigenvalue weighted by Crippen LogP contribution is -2.40. The lowest BCUT2D eigenvalue weighted by Gasteiger charge is -2.13. The van der Waals surface area contributed by atoms with Gasteiger partial charge >= 0.3 is 0 Å². The van der Waals surface area contributed by atoms with Crippen LogP contribution in [0.1, 0.15) is 13.8 Å². The van der Waals surface area contributed by atoms with Gasteiger partial charge in [0, 0.05) is 0 Å². The molecular weight excluding hydrogens is 122 g/mol. The van der Waals surface area contributed by atoms with Gasteiger partial charge in [0.1, 0.15) is 4.99 Å². The molecule has 0 radical (unpaired) electrons. The molecule has 1 aliphatic rings. The maximum Gasteiger partial charge on any atom is 0.112 e. The van der Waals surface area contributed by atoms with E-state index in [-0.39, 0.29) is 5.54 Å². The molecule has 1 saturated heterocycles. The maximum absolute atomic E-state index is 4.92. The number of thiocarbonyl (C=S) groups is 1. The van der Waals surface area contributed by atoms with Gasteiger partial charge in [0.2, 0.25) is 0 Å². The zero-order valence-electron chi connectivity index (χ0n) is 4.91. The molecule has 4 heteroatoms. The van der Waals surface area contributed by atoms with Crippen LogP contribution in [0, 0.1) is 0 Å². The Kier molecular flexibility index (Phi) is 1.22. The van der Waals surface area contributed by atoms with E-state index in [9.17, 15) is 0 Å². The number of hydrazine groups is 2. The third kappa shape index (κ3) is 0.819. The van der Waals surface area contributed by atoms with Crippen molar-refractivity contribution in [2.45, 2.75) is 19.4 Å². The summed E-state index contributed by atoms with van der Waals surface area (Å²) in [5, 5.41) is 0. The Bertz CT molecular complexity index is 120. The molecule has 1 fully saturated rings. The second-order valence-corrected chi connectivity index (χ2v) is 2.74. The van der Waals surface area contributed by atoms with E-state index in [1.807, 2.05) is 13.8 Å². The van der Waals surface area contributed by atoms with Crippen LogP contribution in [0.4, 0.5) is 0 Å². The van der Waals surface area contributed by atoms with Gasteiger partial charge in [-0.2, -0.15) is 5.53 Å². The van der Waals surface area contributed by atoms with Crippen LogP contribution in [0.3, 0.4) is 0 Å². The fourth-order valence-electron chi connectivity index (χ4n) is 0.457. The highest BCUT2D eigenvalue weighted by Crippen LogP contribution is 2.04. The first-order chi connectivity index (χ1) is 3.63. The van der Waals surface area contributed by atoms with Gasteiger partial charge in [-0.3, -0.25) is 0 Å². The molecule has 0 spiro atoms. The normalized spacial score (nSPS) is 25.5. The molecule has 1 heterocycles. The molecule has 1 aliphatic heterocycles. The Morgan fingerprint density at radius 1 is 1.50 bits per heavy atom. The van der Waals surface area contributed by atoms with E-state index in [1.165, 1.54) is 0 Å². The Morgan fingerprint density at radius 2 is 2.12 bits per heavy atom. The number of hydrogen-bond donors (Lipinski definition) is 3. The molecule has 0 aromatic heterocycles. The van der Waals surface area contributed by atoms with E-state index in [4.69, 9.17) is 12.2 Å². The average Bonchev–Trinajstić information content (AvgIpc) is 1.86. The minimum Gasteiger partial charge on any atom is -0.300 e. The monoisotopic (exact) mass is 131 g/mol. The molecule has 46 valence electrons. The molecule has 0 aromatic rings. The second kappa shape index (κ2) is 1.65. The van der Waals surface area contributed by atoms with Crippen molar-refractivity contribution < 1.29 is 0 Å². The predicted molar refractivity (Wildman–Crippen MR) is 36.1 cm³/mol. The summed E-state index contributed by atoms with van der Waals surface area (Å²) in [5.41, 5.74) is 8.36. The van der Waals surface area contributed by atoms with E-state index < -0.39 is 0 Å². The van der Waals surface area contributed by atoms with Crippen LogP contribution in [-0.4, -0.2) is 10.5 Å². The molecule has 8 heavy (non-hydrogen) atoms. The fourth-order valence-corrected chi connectivity index (χ4v) is 0.559. The van der Waals surface area contributed by atoms with Crippen molar-refractivity contribution in [3.8, 4) is 0 Å². The highest BCUT2D eigenvalue weighted by Gasteiger charge is 2.27. The van der Waals surface area contributed by atoms with Crippen molar-refractivity contribution in [2.24, 2.45) is 0 Å². The van der Waals surface area contributed by atoms with Crippen LogP contribution in [0.2, 0.25) is 0 Å². The zero-order chi connectivity index (χ0) is 6.20. The minimum atomic E-state index is -0.0880. The second-order valence-electron chi connectivity index (χ2n) is 2.33. The fraction of sp³-hybridized carbons (Fsp3) is 0.750. The van der Waals surface area contributed by atoms with Crippen LogP contribution in [-0.2, 0) is 0 Å². The first-order valence-corrected chi connectivity index (χ1v) is 2.86. The molecule has 0 aliphatic carbocycles. The van der Waals surface area contributed by atoms with E-state index >= 15 is 0 Å². The topological polar surface area (TPSA) is 36.1 Å². The number of hydrogen-bond acceptors (Lipinski definition) is 3. The molecule has 0 unspecified atom stereocenters. The third-order valence-electron chi connectivity index (χ3n) is 1.12. The molecule has 3 nitrogen and oxygen atoms in total. The van der Waals surface area contributed by atoms with Crippen LogP contribution >= 0.6 is 12.2 Å². The van der Waals surface area contributed by atoms with Crippen molar-refractivity contribution in [1.29, 1.82) is 0 Å². The van der Waals surface area contributed by atoms with Gasteiger partial charge in [0.15, 0.2) is 0 Å². The Balaban J connectivity index is 2.68. The van der Waals surface area contributed by atoms with Crippen LogP contribution in [0.5, 0.6) is 0 Å². The van der Waals surface area contributed by atoms with Crippen LogP contribution in [0.25, 0.3) is 0 Å². The Hall–Kier alpha value is -0.190. The molecule has 1 rings (SSSR count). The summed E-state index contributed by atoms with van der Waals surface area (Å²) in [6.45, 7) is 4.00.